The van der Waals surface area contributed by atoms with Gasteiger partial charge in [0.05, 0.1) is 12.2 Å². The summed E-state index contributed by atoms with van der Waals surface area (Å²) in [5.41, 5.74) is 2.06. The van der Waals surface area contributed by atoms with E-state index in [-0.39, 0.29) is 18.4 Å². The monoisotopic (exact) mass is 419 g/mol. The molecule has 7 heteroatoms. The molecule has 0 radical (unpaired) electrons. The maximum absolute atomic E-state index is 12.0. The third kappa shape index (κ3) is 6.50. The Morgan fingerprint density at radius 1 is 1.08 bits per heavy atom. The van der Waals surface area contributed by atoms with Crippen LogP contribution >= 0.6 is 15.9 Å². The number of carbonyl (C=O) groups is 2. The molecule has 0 aliphatic rings. The van der Waals surface area contributed by atoms with E-state index in [4.69, 9.17) is 4.74 Å². The lowest BCUT2D eigenvalue weighted by molar-refractivity contribution is -0.114. The van der Waals surface area contributed by atoms with Crippen molar-refractivity contribution in [1.29, 1.82) is 0 Å². The van der Waals surface area contributed by atoms with E-state index in [1.165, 1.54) is 0 Å². The first kappa shape index (κ1) is 19.9. The van der Waals surface area contributed by atoms with Crippen LogP contribution in [0.15, 0.2) is 53.0 Å². The topological polar surface area (TPSA) is 79.5 Å². The van der Waals surface area contributed by atoms with E-state index in [0.717, 1.165) is 22.3 Å². The molecule has 2 aromatic rings. The Bertz CT molecular complexity index is 735. The van der Waals surface area contributed by atoms with Crippen LogP contribution in [0.4, 0.5) is 11.4 Å². The molecule has 0 heterocycles. The van der Waals surface area contributed by atoms with Crippen molar-refractivity contribution < 1.29 is 14.3 Å². The molecule has 26 heavy (non-hydrogen) atoms. The normalized spacial score (nSPS) is 10.2. The number of rotatable bonds is 9. The molecule has 3 N–H and O–H groups in total. The van der Waals surface area contributed by atoms with Crippen LogP contribution in [0.1, 0.15) is 16.8 Å². The quantitative estimate of drug-likeness (QED) is 0.544. The Hall–Kier alpha value is -2.38. The van der Waals surface area contributed by atoms with Crippen molar-refractivity contribution in [3.8, 4) is 0 Å². The van der Waals surface area contributed by atoms with Crippen LogP contribution in [0.3, 0.4) is 0 Å². The van der Waals surface area contributed by atoms with Crippen molar-refractivity contribution in [3.05, 3.63) is 58.6 Å². The van der Waals surface area contributed by atoms with Crippen molar-refractivity contribution in [1.82, 2.24) is 5.32 Å². The first-order chi connectivity index (χ1) is 12.6. The Kier molecular flexibility index (Phi) is 8.11. The van der Waals surface area contributed by atoms with Gasteiger partial charge in [-0.05, 0) is 58.7 Å². The zero-order chi connectivity index (χ0) is 18.8. The molecule has 0 aromatic heterocycles. The van der Waals surface area contributed by atoms with Gasteiger partial charge in [-0.15, -0.1) is 0 Å². The molecule has 0 saturated heterocycles. The number of halogens is 1. The molecular weight excluding hydrogens is 398 g/mol. The summed E-state index contributed by atoms with van der Waals surface area (Å²) in [4.78, 5) is 24.0. The van der Waals surface area contributed by atoms with Crippen molar-refractivity contribution in [2.24, 2.45) is 0 Å². The van der Waals surface area contributed by atoms with Crippen LogP contribution < -0.4 is 16.0 Å². The molecule has 138 valence electrons. The Morgan fingerprint density at radius 3 is 2.50 bits per heavy atom. The van der Waals surface area contributed by atoms with E-state index in [9.17, 15) is 9.59 Å². The summed E-state index contributed by atoms with van der Waals surface area (Å²) in [6.07, 6.45) is 0.772. The summed E-state index contributed by atoms with van der Waals surface area (Å²) >= 11 is 3.39. The zero-order valence-corrected chi connectivity index (χ0v) is 16.1. The second-order valence-corrected chi connectivity index (χ2v) is 6.42. The number of benzene rings is 2. The molecule has 0 aliphatic heterocycles. The van der Waals surface area contributed by atoms with Crippen LogP contribution in [0.25, 0.3) is 0 Å². The molecular formula is C19H22BrN3O3. The van der Waals surface area contributed by atoms with Gasteiger partial charge in [-0.1, -0.05) is 12.1 Å². The average molecular weight is 420 g/mol. The predicted molar refractivity (Wildman–Crippen MR) is 107 cm³/mol. The summed E-state index contributed by atoms with van der Waals surface area (Å²) in [5.74, 6) is -0.281. The van der Waals surface area contributed by atoms with Crippen LogP contribution in [0.2, 0.25) is 0 Å². The van der Waals surface area contributed by atoms with Crippen LogP contribution in [-0.2, 0) is 9.53 Å². The number of amides is 2. The SMILES string of the molecule is COCCCNC(=O)c1ccc(NCC(=O)Nc2ccccc2Br)cc1. The van der Waals surface area contributed by atoms with Gasteiger partial charge < -0.3 is 20.7 Å². The number of hydrogen-bond donors (Lipinski definition) is 3. The molecule has 2 amide bonds. The summed E-state index contributed by atoms with van der Waals surface area (Å²) in [6.45, 7) is 1.32. The first-order valence-corrected chi connectivity index (χ1v) is 9.05. The summed E-state index contributed by atoms with van der Waals surface area (Å²) in [5, 5.41) is 8.68. The van der Waals surface area contributed by atoms with Gasteiger partial charge in [0.15, 0.2) is 0 Å². The Labute approximate surface area is 161 Å². The lowest BCUT2D eigenvalue weighted by atomic mass is 10.2. The van der Waals surface area contributed by atoms with Crippen molar-refractivity contribution in [2.75, 3.05) is 37.4 Å². The van der Waals surface area contributed by atoms with E-state index in [1.54, 1.807) is 31.4 Å². The van der Waals surface area contributed by atoms with Crippen LogP contribution in [-0.4, -0.2) is 38.6 Å². The van der Waals surface area contributed by atoms with E-state index in [1.807, 2.05) is 24.3 Å². The molecule has 0 aliphatic carbocycles. The molecule has 0 saturated carbocycles. The highest BCUT2D eigenvalue weighted by atomic mass is 79.9. The maximum Gasteiger partial charge on any atom is 0.251 e. The van der Waals surface area contributed by atoms with Crippen molar-refractivity contribution >= 4 is 39.1 Å². The highest BCUT2D eigenvalue weighted by Gasteiger charge is 2.07. The van der Waals surface area contributed by atoms with Crippen molar-refractivity contribution in [3.63, 3.8) is 0 Å². The molecule has 0 unspecified atom stereocenters. The van der Waals surface area contributed by atoms with Gasteiger partial charge in [-0.3, -0.25) is 9.59 Å². The van der Waals surface area contributed by atoms with E-state index in [0.29, 0.717) is 18.7 Å². The Balaban J connectivity index is 1.79. The van der Waals surface area contributed by atoms with Gasteiger partial charge in [0, 0.05) is 36.0 Å². The van der Waals surface area contributed by atoms with E-state index in [2.05, 4.69) is 31.9 Å². The molecule has 0 bridgehead atoms. The van der Waals surface area contributed by atoms with Crippen molar-refractivity contribution in [2.45, 2.75) is 6.42 Å². The number of carbonyl (C=O) groups excluding carboxylic acids is 2. The van der Waals surface area contributed by atoms with Gasteiger partial charge >= 0.3 is 0 Å². The lowest BCUT2D eigenvalue weighted by Crippen LogP contribution is -2.25. The molecule has 2 rings (SSSR count). The van der Waals surface area contributed by atoms with Gasteiger partial charge in [0.2, 0.25) is 5.91 Å². The molecule has 0 fully saturated rings. The number of nitrogens with one attached hydrogen (secondary N) is 3. The third-order valence-corrected chi connectivity index (χ3v) is 4.25. The van der Waals surface area contributed by atoms with Crippen LogP contribution in [0.5, 0.6) is 0 Å². The van der Waals surface area contributed by atoms with E-state index >= 15 is 0 Å². The second kappa shape index (κ2) is 10.6. The fraction of sp³-hybridized carbons (Fsp3) is 0.263. The number of ether oxygens (including phenoxy) is 1. The summed E-state index contributed by atoms with van der Waals surface area (Å²) in [6, 6.07) is 14.4. The molecule has 0 atom stereocenters. The van der Waals surface area contributed by atoms with Gasteiger partial charge in [0.25, 0.3) is 5.91 Å². The zero-order valence-electron chi connectivity index (χ0n) is 14.5. The molecule has 2 aromatic carbocycles. The minimum Gasteiger partial charge on any atom is -0.385 e. The summed E-state index contributed by atoms with van der Waals surface area (Å²) in [7, 11) is 1.63. The average Bonchev–Trinajstić information content (AvgIpc) is 2.66. The number of para-hydroxylation sites is 1. The first-order valence-electron chi connectivity index (χ1n) is 8.25. The predicted octanol–water partition coefficient (Wildman–Crippen LogP) is 3.27. The highest BCUT2D eigenvalue weighted by Crippen LogP contribution is 2.21. The smallest absolute Gasteiger partial charge is 0.251 e. The fourth-order valence-corrected chi connectivity index (χ4v) is 2.58. The molecule has 0 spiro atoms. The van der Waals surface area contributed by atoms with Crippen LogP contribution in [0, 0.1) is 0 Å². The summed E-state index contributed by atoms with van der Waals surface area (Å²) < 4.78 is 5.77. The lowest BCUT2D eigenvalue weighted by Gasteiger charge is -2.10. The molecule has 6 nitrogen and oxygen atoms in total. The number of anilines is 2. The standard InChI is InChI=1S/C19H22BrN3O3/c1-26-12-4-11-21-19(25)14-7-9-15(10-8-14)22-13-18(24)23-17-6-3-2-5-16(17)20/h2-3,5-10,22H,4,11-13H2,1H3,(H,21,25)(H,23,24). The van der Waals surface area contributed by atoms with E-state index < -0.39 is 0 Å². The number of hydrogen-bond acceptors (Lipinski definition) is 4. The largest absolute Gasteiger partial charge is 0.385 e. The minimum absolute atomic E-state index is 0.126. The highest BCUT2D eigenvalue weighted by molar-refractivity contribution is 9.10. The number of methoxy groups -OCH3 is 1. The van der Waals surface area contributed by atoms with Gasteiger partial charge in [-0.2, -0.15) is 0 Å². The van der Waals surface area contributed by atoms with Gasteiger partial charge in [-0.25, -0.2) is 0 Å². The second-order valence-electron chi connectivity index (χ2n) is 5.56. The maximum atomic E-state index is 12.0. The third-order valence-electron chi connectivity index (χ3n) is 3.56. The fourth-order valence-electron chi connectivity index (χ4n) is 2.20. The minimum atomic E-state index is -0.156. The van der Waals surface area contributed by atoms with Gasteiger partial charge in [0.1, 0.15) is 0 Å². The Morgan fingerprint density at radius 2 is 1.81 bits per heavy atom.